The van der Waals surface area contributed by atoms with Crippen LogP contribution in [0.4, 0.5) is 4.79 Å². The Balaban J connectivity index is 1.71. The van der Waals surface area contributed by atoms with Crippen molar-refractivity contribution in [2.75, 3.05) is 13.1 Å². The molecule has 114 valence electrons. The zero-order valence-electron chi connectivity index (χ0n) is 13.4. The van der Waals surface area contributed by atoms with Crippen molar-refractivity contribution >= 4 is 6.09 Å². The third-order valence-corrected chi connectivity index (χ3v) is 5.91. The molecule has 2 saturated carbocycles. The zero-order valence-corrected chi connectivity index (χ0v) is 13.4. The van der Waals surface area contributed by atoms with Crippen molar-refractivity contribution in [2.45, 2.75) is 59.1 Å². The summed E-state index contributed by atoms with van der Waals surface area (Å²) in [6.45, 7) is 12.0. The van der Waals surface area contributed by atoms with Gasteiger partial charge in [0.25, 0.3) is 0 Å². The van der Waals surface area contributed by atoms with Gasteiger partial charge in [-0.25, -0.2) is 4.79 Å². The van der Waals surface area contributed by atoms with E-state index in [9.17, 15) is 4.79 Å². The molecular formula is C16H28N2O2. The van der Waals surface area contributed by atoms with Gasteiger partial charge in [0.1, 0.15) is 5.60 Å². The summed E-state index contributed by atoms with van der Waals surface area (Å²) in [4.78, 5) is 14.3. The van der Waals surface area contributed by atoms with Gasteiger partial charge in [0.2, 0.25) is 0 Å². The molecule has 1 amide bonds. The van der Waals surface area contributed by atoms with Crippen LogP contribution in [0.15, 0.2) is 0 Å². The summed E-state index contributed by atoms with van der Waals surface area (Å²) in [7, 11) is 0. The Morgan fingerprint density at radius 1 is 1.40 bits per heavy atom. The molecule has 2 aliphatic heterocycles. The van der Waals surface area contributed by atoms with Crippen LogP contribution in [0.2, 0.25) is 0 Å². The van der Waals surface area contributed by atoms with Gasteiger partial charge in [0.05, 0.1) is 0 Å². The Morgan fingerprint density at radius 2 is 2.00 bits per heavy atom. The highest BCUT2D eigenvalue weighted by Gasteiger charge is 2.72. The van der Waals surface area contributed by atoms with Gasteiger partial charge in [-0.05, 0) is 62.8 Å². The van der Waals surface area contributed by atoms with Crippen molar-refractivity contribution in [3.05, 3.63) is 0 Å². The van der Waals surface area contributed by atoms with Gasteiger partial charge in [0.15, 0.2) is 0 Å². The Bertz CT molecular complexity index is 440. The van der Waals surface area contributed by atoms with Crippen LogP contribution in [0.1, 0.15) is 47.5 Å². The van der Waals surface area contributed by atoms with Gasteiger partial charge in [-0.2, -0.15) is 0 Å². The predicted molar refractivity (Wildman–Crippen MR) is 78.2 cm³/mol. The molecule has 2 saturated heterocycles. The van der Waals surface area contributed by atoms with E-state index in [0.717, 1.165) is 19.5 Å². The van der Waals surface area contributed by atoms with Crippen LogP contribution in [-0.4, -0.2) is 35.7 Å². The fraction of sp³-hybridized carbons (Fsp3) is 0.938. The summed E-state index contributed by atoms with van der Waals surface area (Å²) in [5, 5.41) is 0. The lowest BCUT2D eigenvalue weighted by atomic mass is 9.63. The van der Waals surface area contributed by atoms with Crippen LogP contribution < -0.4 is 5.73 Å². The van der Waals surface area contributed by atoms with Crippen molar-refractivity contribution < 1.29 is 9.53 Å². The maximum Gasteiger partial charge on any atom is 0.410 e. The number of fused-ring (bicyclic) bond motifs is 1. The molecule has 4 rings (SSSR count). The van der Waals surface area contributed by atoms with Crippen LogP contribution in [0.25, 0.3) is 0 Å². The maximum atomic E-state index is 12.3. The molecule has 20 heavy (non-hydrogen) atoms. The van der Waals surface area contributed by atoms with Crippen molar-refractivity contribution in [3.63, 3.8) is 0 Å². The lowest BCUT2D eigenvalue weighted by molar-refractivity contribution is 0.0108. The number of carbonyl (C=O) groups is 1. The van der Waals surface area contributed by atoms with Gasteiger partial charge in [-0.3, -0.25) is 0 Å². The summed E-state index contributed by atoms with van der Waals surface area (Å²) in [5.41, 5.74) is 6.28. The van der Waals surface area contributed by atoms with Crippen LogP contribution in [0.5, 0.6) is 0 Å². The number of ether oxygens (including phenoxy) is 1. The number of hydrogen-bond acceptors (Lipinski definition) is 3. The first-order valence-corrected chi connectivity index (χ1v) is 7.81. The molecule has 2 aliphatic carbocycles. The fourth-order valence-electron chi connectivity index (χ4n) is 4.77. The second kappa shape index (κ2) is 3.90. The standard InChI is InChI=1S/C16H28N2O2/c1-14(2,3)20-13(19)18-7-10-6-11(18)12(10)16(9-17)8-15(16,4)5/h10-12H,6-9,17H2,1-5H3/t10-,11-,12?,16?/m0/s1. The van der Waals surface area contributed by atoms with E-state index >= 15 is 0 Å². The van der Waals surface area contributed by atoms with Crippen LogP contribution in [0, 0.1) is 22.7 Å². The number of carbonyl (C=O) groups excluding carboxylic acids is 1. The van der Waals surface area contributed by atoms with Crippen molar-refractivity contribution in [1.82, 2.24) is 4.90 Å². The summed E-state index contributed by atoms with van der Waals surface area (Å²) < 4.78 is 5.54. The number of hydrogen-bond donors (Lipinski definition) is 1. The Hall–Kier alpha value is -0.770. The highest BCUT2D eigenvalue weighted by atomic mass is 16.6. The molecule has 4 heteroatoms. The second-order valence-electron chi connectivity index (χ2n) is 8.64. The fourth-order valence-corrected chi connectivity index (χ4v) is 4.77. The molecule has 2 unspecified atom stereocenters. The molecule has 4 atom stereocenters. The Labute approximate surface area is 122 Å². The van der Waals surface area contributed by atoms with Crippen LogP contribution >= 0.6 is 0 Å². The monoisotopic (exact) mass is 280 g/mol. The highest BCUT2D eigenvalue weighted by molar-refractivity contribution is 5.70. The van der Waals surface area contributed by atoms with Crippen LogP contribution in [-0.2, 0) is 4.74 Å². The van der Waals surface area contributed by atoms with Gasteiger partial charge in [0, 0.05) is 12.6 Å². The molecule has 4 nitrogen and oxygen atoms in total. The average Bonchev–Trinajstić information content (AvgIpc) is 2.69. The molecule has 4 fully saturated rings. The largest absolute Gasteiger partial charge is 0.444 e. The average molecular weight is 280 g/mol. The number of rotatable bonds is 2. The lowest BCUT2D eigenvalue weighted by Crippen LogP contribution is -2.49. The first-order chi connectivity index (χ1) is 9.11. The Kier molecular flexibility index (Phi) is 2.77. The van der Waals surface area contributed by atoms with E-state index in [-0.39, 0.29) is 11.5 Å². The van der Waals surface area contributed by atoms with Gasteiger partial charge in [-0.15, -0.1) is 0 Å². The quantitative estimate of drug-likeness (QED) is 0.846. The second-order valence-corrected chi connectivity index (χ2v) is 8.64. The smallest absolute Gasteiger partial charge is 0.410 e. The summed E-state index contributed by atoms with van der Waals surface area (Å²) in [6.07, 6.45) is 2.20. The van der Waals surface area contributed by atoms with Gasteiger partial charge < -0.3 is 15.4 Å². The SMILES string of the molecule is CC(C)(C)OC(=O)N1C[C@@H]2C[C@H]1C2C1(CN)CC1(C)C. The molecule has 2 bridgehead atoms. The van der Waals surface area contributed by atoms with E-state index in [2.05, 4.69) is 13.8 Å². The van der Waals surface area contributed by atoms with E-state index in [0.29, 0.717) is 23.3 Å². The third kappa shape index (κ3) is 1.80. The number of amides is 1. The molecule has 2 heterocycles. The third-order valence-electron chi connectivity index (χ3n) is 5.91. The maximum absolute atomic E-state index is 12.3. The zero-order chi connectivity index (χ0) is 14.9. The number of nitrogens with two attached hydrogens (primary N) is 1. The molecule has 4 aliphatic rings. The molecule has 0 aromatic heterocycles. The molecule has 2 N–H and O–H groups in total. The minimum atomic E-state index is -0.413. The van der Waals surface area contributed by atoms with Crippen molar-refractivity contribution in [1.29, 1.82) is 0 Å². The van der Waals surface area contributed by atoms with E-state index in [4.69, 9.17) is 10.5 Å². The minimum absolute atomic E-state index is 0.141. The first-order valence-electron chi connectivity index (χ1n) is 7.81. The molecular weight excluding hydrogens is 252 g/mol. The van der Waals surface area contributed by atoms with E-state index in [1.165, 1.54) is 6.42 Å². The molecule has 0 radical (unpaired) electrons. The predicted octanol–water partition coefficient (Wildman–Crippen LogP) is 2.62. The van der Waals surface area contributed by atoms with Crippen molar-refractivity contribution in [3.8, 4) is 0 Å². The molecule has 0 aromatic carbocycles. The summed E-state index contributed by atoms with van der Waals surface area (Å²) in [6, 6.07) is 0.361. The summed E-state index contributed by atoms with van der Waals surface area (Å²) in [5.74, 6) is 1.23. The first kappa shape index (κ1) is 14.2. The molecule has 0 aromatic rings. The molecule has 0 spiro atoms. The summed E-state index contributed by atoms with van der Waals surface area (Å²) >= 11 is 0. The van der Waals surface area contributed by atoms with Crippen LogP contribution in [0.3, 0.4) is 0 Å². The van der Waals surface area contributed by atoms with E-state index in [1.807, 2.05) is 25.7 Å². The highest BCUT2D eigenvalue weighted by Crippen LogP contribution is 2.73. The number of nitrogens with zero attached hydrogens (tertiary/aromatic N) is 1. The van der Waals surface area contributed by atoms with E-state index in [1.54, 1.807) is 0 Å². The van der Waals surface area contributed by atoms with Gasteiger partial charge >= 0.3 is 6.09 Å². The van der Waals surface area contributed by atoms with Crippen molar-refractivity contribution in [2.24, 2.45) is 28.4 Å². The topological polar surface area (TPSA) is 55.6 Å². The Morgan fingerprint density at radius 3 is 2.45 bits per heavy atom. The van der Waals surface area contributed by atoms with Gasteiger partial charge in [-0.1, -0.05) is 13.8 Å². The normalized spacial score (nSPS) is 41.3. The lowest BCUT2D eigenvalue weighted by Gasteiger charge is -2.43. The minimum Gasteiger partial charge on any atom is -0.444 e. The van der Waals surface area contributed by atoms with E-state index < -0.39 is 5.60 Å².